The zero-order chi connectivity index (χ0) is 19.5. The zero-order valence-corrected chi connectivity index (χ0v) is 15.8. The lowest BCUT2D eigenvalue weighted by molar-refractivity contribution is 0.0474. The third-order valence-corrected chi connectivity index (χ3v) is 5.13. The topological polar surface area (TPSA) is 82.4 Å². The molecule has 0 aliphatic heterocycles. The van der Waals surface area contributed by atoms with Gasteiger partial charge in [0.15, 0.2) is 16.4 Å². The number of hydrogen-bond donors (Lipinski definition) is 0. The van der Waals surface area contributed by atoms with Crippen molar-refractivity contribution < 1.29 is 22.7 Å². The lowest BCUT2D eigenvalue weighted by Crippen LogP contribution is -2.15. The van der Waals surface area contributed by atoms with Crippen LogP contribution in [0.1, 0.15) is 32.1 Å². The molecule has 1 heterocycles. The van der Waals surface area contributed by atoms with Crippen LogP contribution in [0.15, 0.2) is 47.9 Å². The number of allylic oxidation sites excluding steroid dienone is 1. The first-order chi connectivity index (χ1) is 12.1. The molecular formula is C19H21NO5S. The third-order valence-electron chi connectivity index (χ3n) is 4.02. The highest BCUT2D eigenvalue weighted by molar-refractivity contribution is 7.90. The monoisotopic (exact) mass is 375 g/mol. The molecule has 0 N–H and O–H groups in total. The van der Waals surface area contributed by atoms with E-state index < -0.39 is 22.4 Å². The van der Waals surface area contributed by atoms with Crippen molar-refractivity contribution in [1.29, 1.82) is 0 Å². The van der Waals surface area contributed by atoms with Crippen molar-refractivity contribution in [1.82, 2.24) is 4.57 Å². The molecule has 2 aromatic rings. The molecule has 0 radical (unpaired) electrons. The first-order valence-electron chi connectivity index (χ1n) is 7.93. The van der Waals surface area contributed by atoms with E-state index in [-0.39, 0.29) is 16.2 Å². The fraction of sp³-hybridized carbons (Fsp3) is 0.263. The lowest BCUT2D eigenvalue weighted by Gasteiger charge is -2.07. The number of carbonyl (C=O) groups excluding carboxylic acids is 2. The van der Waals surface area contributed by atoms with Gasteiger partial charge in [0.25, 0.3) is 0 Å². The molecule has 1 aromatic carbocycles. The number of sulfone groups is 1. The quantitative estimate of drug-likeness (QED) is 0.422. The molecule has 2 rings (SSSR count). The van der Waals surface area contributed by atoms with Gasteiger partial charge in [-0.15, -0.1) is 6.58 Å². The van der Waals surface area contributed by atoms with Crippen LogP contribution in [0.3, 0.4) is 0 Å². The predicted molar refractivity (Wildman–Crippen MR) is 98.3 cm³/mol. The van der Waals surface area contributed by atoms with Gasteiger partial charge in [-0.3, -0.25) is 4.79 Å². The molecule has 0 bridgehead atoms. The van der Waals surface area contributed by atoms with Gasteiger partial charge in [0.1, 0.15) is 0 Å². The SMILES string of the molecule is C=CCn1c(C)cc(C(=O)COC(=O)c2cccc(S(C)(=O)=O)c2)c1C. The van der Waals surface area contributed by atoms with E-state index in [0.717, 1.165) is 17.6 Å². The van der Waals surface area contributed by atoms with Crippen molar-refractivity contribution in [3.05, 3.63) is 65.5 Å². The first kappa shape index (κ1) is 19.7. The summed E-state index contributed by atoms with van der Waals surface area (Å²) in [7, 11) is -3.43. The Morgan fingerprint density at radius 2 is 1.92 bits per heavy atom. The number of carbonyl (C=O) groups is 2. The molecule has 0 amide bonds. The van der Waals surface area contributed by atoms with Crippen LogP contribution in [-0.2, 0) is 21.1 Å². The van der Waals surface area contributed by atoms with Gasteiger partial charge in [0.05, 0.1) is 10.5 Å². The molecular weight excluding hydrogens is 354 g/mol. The van der Waals surface area contributed by atoms with E-state index in [9.17, 15) is 18.0 Å². The van der Waals surface area contributed by atoms with Crippen molar-refractivity contribution in [3.8, 4) is 0 Å². The van der Waals surface area contributed by atoms with Crippen LogP contribution in [-0.4, -0.2) is 37.6 Å². The zero-order valence-electron chi connectivity index (χ0n) is 15.0. The second kappa shape index (κ2) is 7.70. The average Bonchev–Trinajstić information content (AvgIpc) is 2.87. The minimum atomic E-state index is -3.43. The van der Waals surface area contributed by atoms with Gasteiger partial charge in [0, 0.05) is 29.8 Å². The highest BCUT2D eigenvalue weighted by Crippen LogP contribution is 2.17. The van der Waals surface area contributed by atoms with E-state index in [0.29, 0.717) is 12.1 Å². The number of ether oxygens (including phenoxy) is 1. The Balaban J connectivity index is 2.12. The Morgan fingerprint density at radius 1 is 1.23 bits per heavy atom. The number of esters is 1. The number of nitrogens with zero attached hydrogens (tertiary/aromatic N) is 1. The van der Waals surface area contributed by atoms with E-state index in [2.05, 4.69) is 6.58 Å². The fourth-order valence-electron chi connectivity index (χ4n) is 2.64. The normalized spacial score (nSPS) is 11.2. The summed E-state index contributed by atoms with van der Waals surface area (Å²) in [6, 6.07) is 7.28. The highest BCUT2D eigenvalue weighted by Gasteiger charge is 2.18. The molecule has 26 heavy (non-hydrogen) atoms. The van der Waals surface area contributed by atoms with Crippen molar-refractivity contribution >= 4 is 21.6 Å². The molecule has 1 aromatic heterocycles. The Labute approximate surface area is 153 Å². The lowest BCUT2D eigenvalue weighted by atomic mass is 10.1. The molecule has 0 spiro atoms. The van der Waals surface area contributed by atoms with Crippen molar-refractivity contribution in [2.45, 2.75) is 25.3 Å². The van der Waals surface area contributed by atoms with Crippen molar-refractivity contribution in [2.24, 2.45) is 0 Å². The Kier molecular flexibility index (Phi) is 5.82. The van der Waals surface area contributed by atoms with Crippen molar-refractivity contribution in [2.75, 3.05) is 12.9 Å². The Hall–Kier alpha value is -2.67. The third kappa shape index (κ3) is 4.29. The minimum absolute atomic E-state index is 0.0197. The van der Waals surface area contributed by atoms with E-state index in [4.69, 9.17) is 4.74 Å². The standard InChI is InChI=1S/C19H21NO5S/c1-5-9-20-13(2)10-17(14(20)3)18(21)12-25-19(22)15-7-6-8-16(11-15)26(4,23)24/h5-8,10-11H,1,9,12H2,2-4H3. The largest absolute Gasteiger partial charge is 0.454 e. The Morgan fingerprint density at radius 3 is 2.54 bits per heavy atom. The van der Waals surface area contributed by atoms with E-state index in [1.807, 2.05) is 18.4 Å². The summed E-state index contributed by atoms with van der Waals surface area (Å²) in [5, 5.41) is 0. The van der Waals surface area contributed by atoms with Crippen LogP contribution >= 0.6 is 0 Å². The van der Waals surface area contributed by atoms with Gasteiger partial charge >= 0.3 is 5.97 Å². The summed E-state index contributed by atoms with van der Waals surface area (Å²) in [5.74, 6) is -1.07. The number of hydrogen-bond acceptors (Lipinski definition) is 5. The first-order valence-corrected chi connectivity index (χ1v) is 9.82. The number of benzene rings is 1. The fourth-order valence-corrected chi connectivity index (χ4v) is 3.31. The second-order valence-electron chi connectivity index (χ2n) is 5.98. The molecule has 7 heteroatoms. The maximum atomic E-state index is 12.4. The minimum Gasteiger partial charge on any atom is -0.454 e. The summed E-state index contributed by atoms with van der Waals surface area (Å²) < 4.78 is 30.1. The number of Topliss-reactive ketones (excluding diaryl/α,β-unsaturated/α-hetero) is 1. The van der Waals surface area contributed by atoms with E-state index in [1.165, 1.54) is 24.3 Å². The molecule has 0 fully saturated rings. The smallest absolute Gasteiger partial charge is 0.338 e. The van der Waals surface area contributed by atoms with Crippen LogP contribution in [0.5, 0.6) is 0 Å². The number of rotatable bonds is 7. The molecule has 0 saturated carbocycles. The van der Waals surface area contributed by atoms with Crippen LogP contribution in [0.2, 0.25) is 0 Å². The molecule has 0 saturated heterocycles. The number of ketones is 1. The van der Waals surface area contributed by atoms with Gasteiger partial charge in [-0.05, 0) is 38.1 Å². The second-order valence-corrected chi connectivity index (χ2v) is 8.00. The molecule has 6 nitrogen and oxygen atoms in total. The van der Waals surface area contributed by atoms with Crippen LogP contribution in [0.4, 0.5) is 0 Å². The summed E-state index contributed by atoms with van der Waals surface area (Å²) in [6.45, 7) is 7.57. The summed E-state index contributed by atoms with van der Waals surface area (Å²) in [5.41, 5.74) is 2.26. The van der Waals surface area contributed by atoms with Gasteiger partial charge in [-0.1, -0.05) is 12.1 Å². The van der Waals surface area contributed by atoms with Gasteiger partial charge in [0.2, 0.25) is 5.78 Å². The maximum absolute atomic E-state index is 12.4. The highest BCUT2D eigenvalue weighted by atomic mass is 32.2. The van der Waals surface area contributed by atoms with Crippen LogP contribution in [0, 0.1) is 13.8 Å². The maximum Gasteiger partial charge on any atom is 0.338 e. The van der Waals surface area contributed by atoms with Gasteiger partial charge < -0.3 is 9.30 Å². The average molecular weight is 375 g/mol. The number of aromatic nitrogens is 1. The molecule has 0 aliphatic rings. The molecule has 0 unspecified atom stereocenters. The van der Waals surface area contributed by atoms with Crippen LogP contribution < -0.4 is 0 Å². The number of aryl methyl sites for hydroxylation is 1. The van der Waals surface area contributed by atoms with Gasteiger partial charge in [-0.2, -0.15) is 0 Å². The summed E-state index contributed by atoms with van der Waals surface area (Å²) in [4.78, 5) is 24.5. The summed E-state index contributed by atoms with van der Waals surface area (Å²) >= 11 is 0. The van der Waals surface area contributed by atoms with Crippen LogP contribution in [0.25, 0.3) is 0 Å². The van der Waals surface area contributed by atoms with E-state index in [1.54, 1.807) is 12.1 Å². The van der Waals surface area contributed by atoms with Crippen molar-refractivity contribution in [3.63, 3.8) is 0 Å². The van der Waals surface area contributed by atoms with E-state index >= 15 is 0 Å². The molecule has 0 aliphatic carbocycles. The predicted octanol–water partition coefficient (Wildman–Crippen LogP) is 2.73. The molecule has 138 valence electrons. The Bertz CT molecular complexity index is 970. The summed E-state index contributed by atoms with van der Waals surface area (Å²) in [6.07, 6.45) is 2.79. The molecule has 0 atom stereocenters. The van der Waals surface area contributed by atoms with Gasteiger partial charge in [-0.25, -0.2) is 13.2 Å².